The van der Waals surface area contributed by atoms with Crippen LogP contribution in [0.4, 0.5) is 32.0 Å². The number of nitrogens with zero attached hydrogens (tertiary/aromatic N) is 2. The fraction of sp³-hybridized carbons (Fsp3) is 0.478. The Labute approximate surface area is 214 Å². The Morgan fingerprint density at radius 2 is 1.70 bits per heavy atom. The van der Waals surface area contributed by atoms with Gasteiger partial charge in [0.2, 0.25) is 0 Å². The Hall–Kier alpha value is -2.31. The summed E-state index contributed by atoms with van der Waals surface area (Å²) in [7, 11) is -2.36. The average Bonchev–Trinajstić information content (AvgIpc) is 3.39. The number of thiophene rings is 1. The highest BCUT2D eigenvalue weighted by molar-refractivity contribution is 7.91. The zero-order valence-corrected chi connectivity index (χ0v) is 21.4. The lowest BCUT2D eigenvalue weighted by Crippen LogP contribution is -2.54. The van der Waals surface area contributed by atoms with Gasteiger partial charge in [-0.25, -0.2) is 8.42 Å². The molecule has 3 rings (SSSR count). The van der Waals surface area contributed by atoms with Gasteiger partial charge in [-0.3, -0.25) is 0 Å². The lowest BCUT2D eigenvalue weighted by molar-refractivity contribution is -0.376. The van der Waals surface area contributed by atoms with Crippen LogP contribution in [0, 0.1) is 11.8 Å². The van der Waals surface area contributed by atoms with Crippen molar-refractivity contribution in [3.63, 3.8) is 0 Å². The van der Waals surface area contributed by atoms with E-state index in [1.165, 1.54) is 17.5 Å². The zero-order valence-electron chi connectivity index (χ0n) is 19.7. The summed E-state index contributed by atoms with van der Waals surface area (Å²) in [6, 6.07) is 5.23. The van der Waals surface area contributed by atoms with E-state index in [4.69, 9.17) is 4.74 Å². The lowest BCUT2D eigenvalue weighted by atomic mass is 9.90. The second kappa shape index (κ2) is 10.8. The standard InChI is InChI=1S/C23H24F6N2O4S2/c1-3-18(35-2)8-6-16-15-17(21(32,22(24,25)26)23(27,28)29)7-9-19(16)30-10-12-31(13-11-30)37(33,34)20-5-4-14-36-20/h4-5,7,9,14-15,18,32H,3,10-13H2,1-2H3/t18-/m1/s1. The van der Waals surface area contributed by atoms with Gasteiger partial charge in [-0.15, -0.1) is 11.3 Å². The Bertz CT molecular complexity index is 1220. The highest BCUT2D eigenvalue weighted by atomic mass is 32.2. The summed E-state index contributed by atoms with van der Waals surface area (Å²) in [5.41, 5.74) is -6.50. The Morgan fingerprint density at radius 1 is 1.08 bits per heavy atom. The highest BCUT2D eigenvalue weighted by Crippen LogP contribution is 2.50. The van der Waals surface area contributed by atoms with Crippen molar-refractivity contribution < 1.29 is 44.6 Å². The van der Waals surface area contributed by atoms with E-state index in [2.05, 4.69) is 11.8 Å². The van der Waals surface area contributed by atoms with Gasteiger partial charge in [0.15, 0.2) is 0 Å². The van der Waals surface area contributed by atoms with E-state index in [-0.39, 0.29) is 41.6 Å². The first-order valence-corrected chi connectivity index (χ1v) is 13.3. The van der Waals surface area contributed by atoms with Crippen LogP contribution < -0.4 is 4.90 Å². The second-order valence-electron chi connectivity index (χ2n) is 8.16. The predicted octanol–water partition coefficient (Wildman–Crippen LogP) is 4.35. The molecule has 0 spiro atoms. The van der Waals surface area contributed by atoms with E-state index in [9.17, 15) is 39.9 Å². The molecule has 0 radical (unpaired) electrons. The molecule has 37 heavy (non-hydrogen) atoms. The number of halogens is 6. The van der Waals surface area contributed by atoms with Crippen molar-refractivity contribution in [2.24, 2.45) is 0 Å². The number of ether oxygens (including phenoxy) is 1. The van der Waals surface area contributed by atoms with Crippen LogP contribution in [0.5, 0.6) is 0 Å². The molecule has 1 aliphatic rings. The van der Waals surface area contributed by atoms with E-state index in [0.717, 1.165) is 17.4 Å². The van der Waals surface area contributed by atoms with E-state index in [1.807, 2.05) is 0 Å². The number of methoxy groups -OCH3 is 1. The van der Waals surface area contributed by atoms with Crippen LogP contribution in [0.15, 0.2) is 39.9 Å². The molecule has 0 bridgehead atoms. The van der Waals surface area contributed by atoms with E-state index < -0.39 is 39.6 Å². The SMILES string of the molecule is CC[C@H](C#Cc1cc(C(O)(C(F)(F)F)C(F)(F)F)ccc1N1CCN(S(=O)(=O)c2cccs2)CC1)OC. The van der Waals surface area contributed by atoms with Gasteiger partial charge in [-0.05, 0) is 30.0 Å². The molecule has 0 saturated carbocycles. The molecule has 0 unspecified atom stereocenters. The second-order valence-corrected chi connectivity index (χ2v) is 11.3. The normalized spacial score (nSPS) is 16.8. The van der Waals surface area contributed by atoms with Crippen LogP contribution in [0.25, 0.3) is 0 Å². The number of piperazine rings is 1. The number of rotatable bonds is 6. The summed E-state index contributed by atoms with van der Waals surface area (Å²) in [6.07, 6.45) is -12.3. The number of aliphatic hydroxyl groups is 1. The van der Waals surface area contributed by atoms with Gasteiger partial charge < -0.3 is 14.7 Å². The smallest absolute Gasteiger partial charge is 0.369 e. The monoisotopic (exact) mass is 570 g/mol. The third-order valence-electron chi connectivity index (χ3n) is 5.93. The highest BCUT2D eigenvalue weighted by Gasteiger charge is 2.71. The summed E-state index contributed by atoms with van der Waals surface area (Å²) >= 11 is 1.06. The molecule has 204 valence electrons. The maximum Gasteiger partial charge on any atom is 0.430 e. The molecule has 1 aliphatic heterocycles. The number of sulfonamides is 1. The first-order valence-electron chi connectivity index (χ1n) is 11.0. The number of anilines is 1. The molecule has 14 heteroatoms. The summed E-state index contributed by atoms with van der Waals surface area (Å²) in [5.74, 6) is 5.27. The van der Waals surface area contributed by atoms with Crippen molar-refractivity contribution in [3.8, 4) is 11.8 Å². The van der Waals surface area contributed by atoms with Crippen molar-refractivity contribution in [1.82, 2.24) is 4.31 Å². The van der Waals surface area contributed by atoms with Crippen LogP contribution in [-0.2, 0) is 20.4 Å². The maximum atomic E-state index is 13.5. The maximum absolute atomic E-state index is 13.5. The third-order valence-corrected chi connectivity index (χ3v) is 9.20. The molecule has 6 nitrogen and oxygen atoms in total. The summed E-state index contributed by atoms with van der Waals surface area (Å²) in [5, 5.41) is 11.5. The minimum Gasteiger partial charge on any atom is -0.369 e. The van der Waals surface area contributed by atoms with Crippen LogP contribution in [0.2, 0.25) is 0 Å². The molecular weight excluding hydrogens is 546 g/mol. The Balaban J connectivity index is 2.00. The Kier molecular flexibility index (Phi) is 8.55. The zero-order chi connectivity index (χ0) is 27.6. The number of hydrogen-bond donors (Lipinski definition) is 1. The molecule has 1 saturated heterocycles. The minimum absolute atomic E-state index is 0.0412. The van der Waals surface area contributed by atoms with Crippen molar-refractivity contribution in [2.45, 2.75) is 41.6 Å². The van der Waals surface area contributed by atoms with Gasteiger partial charge in [-0.2, -0.15) is 30.6 Å². The van der Waals surface area contributed by atoms with E-state index in [1.54, 1.807) is 23.3 Å². The van der Waals surface area contributed by atoms with Crippen LogP contribution in [0.1, 0.15) is 24.5 Å². The first-order chi connectivity index (χ1) is 17.2. The number of alkyl halides is 6. The summed E-state index contributed by atoms with van der Waals surface area (Å²) in [6.45, 7) is 2.05. The van der Waals surface area contributed by atoms with E-state index in [0.29, 0.717) is 18.6 Å². The molecule has 1 N–H and O–H groups in total. The minimum atomic E-state index is -6.04. The first kappa shape index (κ1) is 29.2. The van der Waals surface area contributed by atoms with Gasteiger partial charge in [-0.1, -0.05) is 30.9 Å². The third kappa shape index (κ3) is 5.75. The van der Waals surface area contributed by atoms with Crippen LogP contribution >= 0.6 is 11.3 Å². The summed E-state index contributed by atoms with van der Waals surface area (Å²) < 4.78 is 113. The van der Waals surface area contributed by atoms with Gasteiger partial charge in [0.1, 0.15) is 10.3 Å². The quantitative estimate of drug-likeness (QED) is 0.413. The number of benzene rings is 1. The fourth-order valence-corrected chi connectivity index (χ4v) is 6.38. The molecule has 1 atom stereocenters. The molecule has 1 fully saturated rings. The van der Waals surface area contributed by atoms with Gasteiger partial charge in [0.25, 0.3) is 15.6 Å². The molecule has 2 heterocycles. The number of hydrogen-bond acceptors (Lipinski definition) is 6. The van der Waals surface area contributed by atoms with E-state index >= 15 is 0 Å². The topological polar surface area (TPSA) is 70.1 Å². The van der Waals surface area contributed by atoms with Crippen molar-refractivity contribution in [1.29, 1.82) is 0 Å². The van der Waals surface area contributed by atoms with Crippen molar-refractivity contribution in [2.75, 3.05) is 38.2 Å². The molecule has 0 aliphatic carbocycles. The lowest BCUT2D eigenvalue weighted by Gasteiger charge is -2.36. The average molecular weight is 571 g/mol. The molecule has 0 amide bonds. The fourth-order valence-electron chi connectivity index (χ4n) is 3.82. The molecule has 1 aromatic carbocycles. The van der Waals surface area contributed by atoms with Crippen LogP contribution in [-0.4, -0.2) is 69.6 Å². The summed E-state index contributed by atoms with van der Waals surface area (Å²) in [4.78, 5) is 1.63. The molecular formula is C23H24F6N2O4S2. The van der Waals surface area contributed by atoms with Crippen LogP contribution in [0.3, 0.4) is 0 Å². The van der Waals surface area contributed by atoms with Gasteiger partial charge in [0.05, 0.1) is 5.69 Å². The van der Waals surface area contributed by atoms with Crippen molar-refractivity contribution >= 4 is 27.0 Å². The van der Waals surface area contributed by atoms with Gasteiger partial charge in [0, 0.05) is 44.4 Å². The largest absolute Gasteiger partial charge is 0.430 e. The van der Waals surface area contributed by atoms with Gasteiger partial charge >= 0.3 is 12.4 Å². The molecule has 2 aromatic rings. The predicted molar refractivity (Wildman–Crippen MR) is 126 cm³/mol. The molecule has 1 aromatic heterocycles. The van der Waals surface area contributed by atoms with Crippen molar-refractivity contribution in [3.05, 3.63) is 46.8 Å². The Morgan fingerprint density at radius 3 is 2.19 bits per heavy atom.